The molecule has 0 spiro atoms. The Labute approximate surface area is 110 Å². The van der Waals surface area contributed by atoms with E-state index in [9.17, 15) is 8.42 Å². The highest BCUT2D eigenvalue weighted by Gasteiger charge is 2.30. The van der Waals surface area contributed by atoms with Crippen molar-refractivity contribution >= 4 is 10.2 Å². The summed E-state index contributed by atoms with van der Waals surface area (Å²) in [5, 5.41) is 9.05. The molecule has 1 N–H and O–H groups in total. The van der Waals surface area contributed by atoms with E-state index in [0.717, 1.165) is 12.8 Å². The third-order valence-electron chi connectivity index (χ3n) is 3.41. The molecule has 0 amide bonds. The summed E-state index contributed by atoms with van der Waals surface area (Å²) < 4.78 is 27.5. The Morgan fingerprint density at radius 3 is 2.17 bits per heavy atom. The fraction of sp³-hybridized carbons (Fsp3) is 1.00. The standard InChI is InChI=1S/C11H25N3O3S/c1-12(2)8-9-13(3)18(16,17)14-6-4-11(10-15)5-7-14/h11,15H,4-10H2,1-3H3. The summed E-state index contributed by atoms with van der Waals surface area (Å²) in [5.41, 5.74) is 0. The number of rotatable bonds is 6. The second kappa shape index (κ2) is 6.81. The van der Waals surface area contributed by atoms with Crippen LogP contribution >= 0.6 is 0 Å². The fourth-order valence-electron chi connectivity index (χ4n) is 1.98. The molecule has 1 aliphatic rings. The van der Waals surface area contributed by atoms with Crippen molar-refractivity contribution in [3.63, 3.8) is 0 Å². The van der Waals surface area contributed by atoms with Gasteiger partial charge in [-0.2, -0.15) is 17.0 Å². The van der Waals surface area contributed by atoms with E-state index >= 15 is 0 Å². The molecule has 0 bridgehead atoms. The van der Waals surface area contributed by atoms with Crippen LogP contribution in [0.4, 0.5) is 0 Å². The quantitative estimate of drug-likeness (QED) is 0.707. The van der Waals surface area contributed by atoms with Crippen molar-refractivity contribution in [2.75, 3.05) is 53.9 Å². The molecule has 6 nitrogen and oxygen atoms in total. The zero-order valence-electron chi connectivity index (χ0n) is 11.5. The van der Waals surface area contributed by atoms with Gasteiger partial charge in [0.25, 0.3) is 10.2 Å². The number of likely N-dealkylation sites (N-methyl/N-ethyl adjacent to an activating group) is 2. The Morgan fingerprint density at radius 2 is 1.72 bits per heavy atom. The van der Waals surface area contributed by atoms with E-state index in [1.807, 2.05) is 19.0 Å². The third-order valence-corrected chi connectivity index (χ3v) is 5.40. The molecule has 1 fully saturated rings. The first-order valence-corrected chi connectivity index (χ1v) is 7.74. The average Bonchev–Trinajstić information content (AvgIpc) is 2.35. The second-order valence-corrected chi connectivity index (χ2v) is 7.19. The number of aliphatic hydroxyl groups excluding tert-OH is 1. The van der Waals surface area contributed by atoms with Crippen LogP contribution in [0.1, 0.15) is 12.8 Å². The van der Waals surface area contributed by atoms with Gasteiger partial charge in [-0.3, -0.25) is 0 Å². The maximum Gasteiger partial charge on any atom is 0.281 e. The van der Waals surface area contributed by atoms with Crippen molar-refractivity contribution in [2.24, 2.45) is 5.92 Å². The molecule has 0 aromatic heterocycles. The minimum absolute atomic E-state index is 0.157. The molecule has 7 heteroatoms. The lowest BCUT2D eigenvalue weighted by Crippen LogP contribution is -2.47. The van der Waals surface area contributed by atoms with Gasteiger partial charge in [0.1, 0.15) is 0 Å². The van der Waals surface area contributed by atoms with E-state index < -0.39 is 10.2 Å². The predicted octanol–water partition coefficient (Wildman–Crippen LogP) is -0.571. The van der Waals surface area contributed by atoms with Crippen LogP contribution in [0.2, 0.25) is 0 Å². The highest BCUT2D eigenvalue weighted by molar-refractivity contribution is 7.86. The average molecular weight is 279 g/mol. The van der Waals surface area contributed by atoms with Gasteiger partial charge in [0.15, 0.2) is 0 Å². The number of nitrogens with zero attached hydrogens (tertiary/aromatic N) is 3. The van der Waals surface area contributed by atoms with Gasteiger partial charge in [-0.15, -0.1) is 0 Å². The first-order valence-electron chi connectivity index (χ1n) is 6.35. The van der Waals surface area contributed by atoms with Gasteiger partial charge >= 0.3 is 0 Å². The summed E-state index contributed by atoms with van der Waals surface area (Å²) in [7, 11) is 2.14. The molecule has 0 aliphatic carbocycles. The molecule has 0 atom stereocenters. The summed E-state index contributed by atoms with van der Waals surface area (Å²) in [6.07, 6.45) is 1.49. The lowest BCUT2D eigenvalue weighted by atomic mass is 10.00. The van der Waals surface area contributed by atoms with Gasteiger partial charge < -0.3 is 10.0 Å². The molecule has 18 heavy (non-hydrogen) atoms. The maximum atomic E-state index is 12.3. The molecule has 1 rings (SSSR count). The topological polar surface area (TPSA) is 64.1 Å². The zero-order valence-corrected chi connectivity index (χ0v) is 12.4. The molecule has 108 valence electrons. The molecular weight excluding hydrogens is 254 g/mol. The van der Waals surface area contributed by atoms with Gasteiger partial charge in [-0.1, -0.05) is 0 Å². The lowest BCUT2D eigenvalue weighted by molar-refractivity contribution is 0.166. The molecule has 0 saturated carbocycles. The third kappa shape index (κ3) is 4.17. The summed E-state index contributed by atoms with van der Waals surface area (Å²) in [6.45, 7) is 2.39. The van der Waals surface area contributed by atoms with Gasteiger partial charge in [-0.05, 0) is 32.9 Å². The van der Waals surface area contributed by atoms with Gasteiger partial charge in [0.05, 0.1) is 0 Å². The van der Waals surface area contributed by atoms with Crippen LogP contribution in [-0.2, 0) is 10.2 Å². The number of piperidine rings is 1. The number of aliphatic hydroxyl groups is 1. The van der Waals surface area contributed by atoms with Crippen LogP contribution < -0.4 is 0 Å². The Balaban J connectivity index is 2.53. The predicted molar refractivity (Wildman–Crippen MR) is 71.5 cm³/mol. The summed E-state index contributed by atoms with van der Waals surface area (Å²) in [4.78, 5) is 1.96. The molecule has 0 aromatic rings. The van der Waals surface area contributed by atoms with E-state index in [-0.39, 0.29) is 12.5 Å². The Bertz CT molecular complexity index is 337. The summed E-state index contributed by atoms with van der Waals surface area (Å²) >= 11 is 0. The van der Waals surface area contributed by atoms with Gasteiger partial charge in [0, 0.05) is 39.8 Å². The molecule has 0 unspecified atom stereocenters. The minimum atomic E-state index is -3.33. The monoisotopic (exact) mass is 279 g/mol. The van der Waals surface area contributed by atoms with Crippen molar-refractivity contribution < 1.29 is 13.5 Å². The number of hydrogen-bond donors (Lipinski definition) is 1. The lowest BCUT2D eigenvalue weighted by Gasteiger charge is -2.33. The summed E-state index contributed by atoms with van der Waals surface area (Å²) in [5.74, 6) is 0.253. The highest BCUT2D eigenvalue weighted by Crippen LogP contribution is 2.20. The van der Waals surface area contributed by atoms with E-state index in [1.54, 1.807) is 7.05 Å². The molecule has 1 saturated heterocycles. The van der Waals surface area contributed by atoms with Crippen molar-refractivity contribution in [2.45, 2.75) is 12.8 Å². The first-order chi connectivity index (χ1) is 8.37. The van der Waals surface area contributed by atoms with Crippen molar-refractivity contribution in [1.29, 1.82) is 0 Å². The van der Waals surface area contributed by atoms with E-state index in [0.29, 0.717) is 26.2 Å². The van der Waals surface area contributed by atoms with Crippen molar-refractivity contribution in [3.05, 3.63) is 0 Å². The maximum absolute atomic E-state index is 12.3. The second-order valence-electron chi connectivity index (χ2n) is 5.16. The van der Waals surface area contributed by atoms with Crippen molar-refractivity contribution in [3.8, 4) is 0 Å². The highest BCUT2D eigenvalue weighted by atomic mass is 32.2. The Morgan fingerprint density at radius 1 is 1.17 bits per heavy atom. The van der Waals surface area contributed by atoms with Crippen LogP contribution in [0.25, 0.3) is 0 Å². The Hall–Kier alpha value is -0.210. The zero-order chi connectivity index (χ0) is 13.8. The molecular formula is C11H25N3O3S. The SMILES string of the molecule is CN(C)CCN(C)S(=O)(=O)N1CCC(CO)CC1. The molecule has 1 heterocycles. The summed E-state index contributed by atoms with van der Waals surface area (Å²) in [6, 6.07) is 0. The first kappa shape index (κ1) is 15.8. The van der Waals surface area contributed by atoms with E-state index in [2.05, 4.69) is 0 Å². The van der Waals surface area contributed by atoms with Gasteiger partial charge in [0.2, 0.25) is 0 Å². The molecule has 0 radical (unpaired) electrons. The van der Waals surface area contributed by atoms with Crippen LogP contribution in [0.3, 0.4) is 0 Å². The van der Waals surface area contributed by atoms with Crippen LogP contribution in [0, 0.1) is 5.92 Å². The van der Waals surface area contributed by atoms with E-state index in [1.165, 1.54) is 8.61 Å². The van der Waals surface area contributed by atoms with Crippen LogP contribution in [-0.4, -0.2) is 81.0 Å². The molecule has 1 aliphatic heterocycles. The fourth-order valence-corrected chi connectivity index (χ4v) is 3.35. The largest absolute Gasteiger partial charge is 0.396 e. The van der Waals surface area contributed by atoms with E-state index in [4.69, 9.17) is 5.11 Å². The smallest absolute Gasteiger partial charge is 0.281 e. The Kier molecular flexibility index (Phi) is 6.00. The molecule has 0 aromatic carbocycles. The van der Waals surface area contributed by atoms with Crippen LogP contribution in [0.5, 0.6) is 0 Å². The normalized spacial score (nSPS) is 19.9. The van der Waals surface area contributed by atoms with Gasteiger partial charge in [-0.25, -0.2) is 0 Å². The van der Waals surface area contributed by atoms with Crippen LogP contribution in [0.15, 0.2) is 0 Å². The minimum Gasteiger partial charge on any atom is -0.396 e. The van der Waals surface area contributed by atoms with Crippen molar-refractivity contribution in [1.82, 2.24) is 13.5 Å². The number of hydrogen-bond acceptors (Lipinski definition) is 4.